The number of nitrogens with zero attached hydrogens (tertiary/aromatic N) is 3. The van der Waals surface area contributed by atoms with Gasteiger partial charge >= 0.3 is 0 Å². The molecule has 4 N–H and O–H groups in total. The largest absolute Gasteiger partial charge is 0.446 e. The molecule has 1 unspecified atom stereocenters. The van der Waals surface area contributed by atoms with Crippen molar-refractivity contribution in [2.45, 2.75) is 25.3 Å². The van der Waals surface area contributed by atoms with Crippen LogP contribution >= 0.6 is 11.3 Å². The van der Waals surface area contributed by atoms with E-state index < -0.39 is 11.9 Å². The van der Waals surface area contributed by atoms with Gasteiger partial charge in [-0.25, -0.2) is 0 Å². The van der Waals surface area contributed by atoms with E-state index >= 15 is 0 Å². The van der Waals surface area contributed by atoms with Crippen LogP contribution in [-0.4, -0.2) is 58.8 Å². The first-order chi connectivity index (χ1) is 16.4. The number of rotatable bonds is 6. The Kier molecular flexibility index (Phi) is 6.11. The summed E-state index contributed by atoms with van der Waals surface area (Å²) in [7, 11) is 1.88. The molecule has 0 saturated carbocycles. The van der Waals surface area contributed by atoms with Gasteiger partial charge in [0, 0.05) is 20.1 Å². The second kappa shape index (κ2) is 9.21. The van der Waals surface area contributed by atoms with E-state index in [1.807, 2.05) is 42.2 Å². The van der Waals surface area contributed by atoms with Gasteiger partial charge in [0.15, 0.2) is 5.06 Å². The summed E-state index contributed by atoms with van der Waals surface area (Å²) in [6.45, 7) is 2.26. The van der Waals surface area contributed by atoms with Crippen molar-refractivity contribution >= 4 is 23.2 Å². The molecule has 1 aliphatic carbocycles. The highest BCUT2D eigenvalue weighted by atomic mass is 32.1. The number of thiophene rings is 1. The van der Waals surface area contributed by atoms with Crippen LogP contribution in [0.5, 0.6) is 10.8 Å². The van der Waals surface area contributed by atoms with Crippen LogP contribution in [0.15, 0.2) is 30.5 Å². The molecule has 178 valence electrons. The smallest absolute Gasteiger partial charge is 0.259 e. The third-order valence-corrected chi connectivity index (χ3v) is 7.45. The number of hydrogen-bond acceptors (Lipinski definition) is 7. The summed E-state index contributed by atoms with van der Waals surface area (Å²) in [6.07, 6.45) is 3.83. The second-order valence-electron chi connectivity index (χ2n) is 8.57. The zero-order chi connectivity index (χ0) is 23.8. The number of primary amides is 1. The van der Waals surface area contributed by atoms with E-state index in [0.29, 0.717) is 48.4 Å². The van der Waals surface area contributed by atoms with E-state index in [4.69, 9.17) is 20.9 Å². The Morgan fingerprint density at radius 3 is 2.65 bits per heavy atom. The number of aryl methyl sites for hydroxylation is 2. The predicted octanol–water partition coefficient (Wildman–Crippen LogP) is 1.87. The molecule has 1 saturated heterocycles. The Morgan fingerprint density at radius 1 is 1.21 bits per heavy atom. The van der Waals surface area contributed by atoms with Crippen LogP contribution in [0.4, 0.5) is 0 Å². The van der Waals surface area contributed by atoms with Crippen LogP contribution in [0.2, 0.25) is 0 Å². The summed E-state index contributed by atoms with van der Waals surface area (Å²) in [5.74, 6) is 0.127. The number of hydrogen-bond donors (Lipinski definition) is 2. The normalized spacial score (nSPS) is 16.0. The van der Waals surface area contributed by atoms with Crippen molar-refractivity contribution in [2.75, 3.05) is 26.3 Å². The summed E-state index contributed by atoms with van der Waals surface area (Å²) >= 11 is 1.27. The molecule has 0 spiro atoms. The lowest BCUT2D eigenvalue weighted by Crippen LogP contribution is -2.49. The summed E-state index contributed by atoms with van der Waals surface area (Å²) in [5, 5.41) is 5.01. The van der Waals surface area contributed by atoms with Crippen molar-refractivity contribution in [1.29, 1.82) is 0 Å². The van der Waals surface area contributed by atoms with Crippen LogP contribution in [0, 0.1) is 0 Å². The lowest BCUT2D eigenvalue weighted by molar-refractivity contribution is -0.136. The molecule has 3 aromatic rings. The minimum Gasteiger partial charge on any atom is -0.446 e. The van der Waals surface area contributed by atoms with Gasteiger partial charge in [-0.05, 0) is 48.1 Å². The van der Waals surface area contributed by atoms with Crippen LogP contribution in [0.1, 0.15) is 26.4 Å². The van der Waals surface area contributed by atoms with Crippen molar-refractivity contribution in [2.24, 2.45) is 18.5 Å². The Hall–Kier alpha value is -3.21. The number of benzene rings is 1. The highest BCUT2D eigenvalue weighted by molar-refractivity contribution is 7.16. The molecule has 2 amide bonds. The molecule has 2 aromatic heterocycles. The van der Waals surface area contributed by atoms with Gasteiger partial charge in [0.1, 0.15) is 5.75 Å². The highest BCUT2D eigenvalue weighted by Gasteiger charge is 2.31. The van der Waals surface area contributed by atoms with Gasteiger partial charge in [0.05, 0.1) is 41.6 Å². The number of nitrogens with two attached hydrogens (primary N) is 2. The number of aromatic nitrogens is 2. The van der Waals surface area contributed by atoms with E-state index in [1.165, 1.54) is 11.3 Å². The Balaban J connectivity index is 1.34. The predicted molar refractivity (Wildman–Crippen MR) is 128 cm³/mol. The third kappa shape index (κ3) is 4.20. The van der Waals surface area contributed by atoms with Crippen LogP contribution in [0.25, 0.3) is 11.3 Å². The van der Waals surface area contributed by atoms with Gasteiger partial charge in [-0.1, -0.05) is 23.5 Å². The number of ether oxygens (including phenoxy) is 2. The van der Waals surface area contributed by atoms with E-state index in [0.717, 1.165) is 40.8 Å². The summed E-state index contributed by atoms with van der Waals surface area (Å²) in [6, 6.07) is 6.92. The molecule has 5 rings (SSSR count). The molecular weight excluding hydrogens is 454 g/mol. The van der Waals surface area contributed by atoms with E-state index in [2.05, 4.69) is 5.10 Å². The van der Waals surface area contributed by atoms with E-state index in [1.54, 1.807) is 4.90 Å². The maximum atomic E-state index is 12.6. The lowest BCUT2D eigenvalue weighted by Gasteiger charge is -2.29. The molecule has 1 fully saturated rings. The minimum atomic E-state index is -0.601. The quantitative estimate of drug-likeness (QED) is 0.554. The molecule has 1 aromatic carbocycles. The molecule has 1 aliphatic heterocycles. The van der Waals surface area contributed by atoms with Gasteiger partial charge in [0.2, 0.25) is 5.91 Å². The van der Waals surface area contributed by atoms with Crippen molar-refractivity contribution < 1.29 is 19.1 Å². The van der Waals surface area contributed by atoms with Crippen molar-refractivity contribution in [3.05, 3.63) is 52.0 Å². The number of carbonyl (C=O) groups is 2. The molecule has 0 bridgehead atoms. The molecule has 10 heteroatoms. The summed E-state index contributed by atoms with van der Waals surface area (Å²) in [5.41, 5.74) is 16.7. The second-order valence-corrected chi connectivity index (χ2v) is 9.56. The molecule has 34 heavy (non-hydrogen) atoms. The number of fused-ring (bicyclic) bond motifs is 3. The van der Waals surface area contributed by atoms with E-state index in [-0.39, 0.29) is 5.91 Å². The van der Waals surface area contributed by atoms with Crippen LogP contribution in [-0.2, 0) is 35.8 Å². The average molecular weight is 482 g/mol. The molecule has 1 atom stereocenters. The molecular formula is C24H27N5O4S. The lowest BCUT2D eigenvalue weighted by atomic mass is 9.91. The Labute approximate surface area is 201 Å². The third-order valence-electron chi connectivity index (χ3n) is 6.32. The summed E-state index contributed by atoms with van der Waals surface area (Å²) < 4.78 is 13.4. The maximum Gasteiger partial charge on any atom is 0.259 e. The van der Waals surface area contributed by atoms with Gasteiger partial charge in [0.25, 0.3) is 5.91 Å². The zero-order valence-corrected chi connectivity index (χ0v) is 19.8. The van der Waals surface area contributed by atoms with E-state index in [9.17, 15) is 9.59 Å². The zero-order valence-electron chi connectivity index (χ0n) is 19.0. The number of morpholine rings is 1. The fourth-order valence-corrected chi connectivity index (χ4v) is 5.67. The Morgan fingerprint density at radius 2 is 1.94 bits per heavy atom. The van der Waals surface area contributed by atoms with Crippen molar-refractivity contribution in [1.82, 2.24) is 14.7 Å². The molecule has 3 heterocycles. The SMILES string of the molecule is Cn1ncc2c1-c1c(Oc3ccc(CC(N)C(=O)N4CCOCC4)cc3)sc(C(N)=O)c1CC2. The number of amides is 2. The first-order valence-corrected chi connectivity index (χ1v) is 12.1. The van der Waals surface area contributed by atoms with Crippen LogP contribution < -0.4 is 16.2 Å². The summed E-state index contributed by atoms with van der Waals surface area (Å²) in [4.78, 5) is 27.0. The monoisotopic (exact) mass is 481 g/mol. The fourth-order valence-electron chi connectivity index (χ4n) is 4.60. The maximum absolute atomic E-state index is 12.6. The molecule has 2 aliphatic rings. The van der Waals surface area contributed by atoms with Gasteiger partial charge < -0.3 is 25.8 Å². The van der Waals surface area contributed by atoms with Crippen LogP contribution in [0.3, 0.4) is 0 Å². The molecule has 9 nitrogen and oxygen atoms in total. The van der Waals surface area contributed by atoms with Gasteiger partial charge in [-0.15, -0.1) is 0 Å². The topological polar surface area (TPSA) is 126 Å². The highest BCUT2D eigenvalue weighted by Crippen LogP contribution is 2.48. The van der Waals surface area contributed by atoms with Gasteiger partial charge in [-0.3, -0.25) is 14.3 Å². The average Bonchev–Trinajstić information content (AvgIpc) is 3.41. The number of carbonyl (C=O) groups excluding carboxylic acids is 2. The standard InChI is InChI=1S/C24H27N5O4S/c1-28-20-15(13-27-28)4-7-17-19(20)24(34-21(17)22(26)30)33-16-5-2-14(3-6-16)12-18(25)23(31)29-8-10-32-11-9-29/h2-3,5-6,13,18H,4,7-12,25H2,1H3,(H2,26,30). The first kappa shape index (κ1) is 22.6. The Bertz CT molecular complexity index is 1230. The first-order valence-electron chi connectivity index (χ1n) is 11.3. The fraction of sp³-hybridized carbons (Fsp3) is 0.375. The minimum absolute atomic E-state index is 0.0557. The van der Waals surface area contributed by atoms with Gasteiger partial charge in [-0.2, -0.15) is 5.10 Å². The van der Waals surface area contributed by atoms with Crippen molar-refractivity contribution in [3.8, 4) is 22.1 Å². The van der Waals surface area contributed by atoms with Crippen molar-refractivity contribution in [3.63, 3.8) is 0 Å². The molecule has 0 radical (unpaired) electrons.